The molecule has 2 rings (SSSR count). The lowest BCUT2D eigenvalue weighted by molar-refractivity contribution is -0.148. The van der Waals surface area contributed by atoms with E-state index in [9.17, 15) is 14.7 Å². The minimum Gasteiger partial charge on any atom is -0.481 e. The quantitative estimate of drug-likeness (QED) is 0.691. The number of aliphatic carboxylic acids is 1. The standard InChI is InChI=1S/C13H22N2O3/c1-9-10(4-7-14-9)11(16)15-8-13(12(17)18)5-2-3-6-13/h9-10,14H,2-8H2,1H3,(H,15,16)(H,17,18). The number of hydrogen-bond acceptors (Lipinski definition) is 3. The van der Waals surface area contributed by atoms with Crippen molar-refractivity contribution in [3.8, 4) is 0 Å². The average Bonchev–Trinajstić information content (AvgIpc) is 2.95. The van der Waals surface area contributed by atoms with Crippen molar-refractivity contribution in [1.82, 2.24) is 10.6 Å². The van der Waals surface area contributed by atoms with Crippen LogP contribution in [-0.2, 0) is 9.59 Å². The smallest absolute Gasteiger partial charge is 0.311 e. The Labute approximate surface area is 107 Å². The molecule has 2 unspecified atom stereocenters. The molecule has 5 heteroatoms. The average molecular weight is 254 g/mol. The van der Waals surface area contributed by atoms with Crippen LogP contribution >= 0.6 is 0 Å². The second kappa shape index (κ2) is 5.26. The summed E-state index contributed by atoms with van der Waals surface area (Å²) in [5.74, 6) is -0.782. The van der Waals surface area contributed by atoms with E-state index in [2.05, 4.69) is 10.6 Å². The first-order chi connectivity index (χ1) is 8.55. The molecule has 1 heterocycles. The Balaban J connectivity index is 1.90. The fourth-order valence-electron chi connectivity index (χ4n) is 3.12. The van der Waals surface area contributed by atoms with Crippen LogP contribution in [0.4, 0.5) is 0 Å². The molecular formula is C13H22N2O3. The molecule has 1 saturated carbocycles. The van der Waals surface area contributed by atoms with E-state index in [1.54, 1.807) is 0 Å². The number of amides is 1. The second-order valence-electron chi connectivity index (χ2n) is 5.65. The number of hydrogen-bond donors (Lipinski definition) is 3. The van der Waals surface area contributed by atoms with Crippen molar-refractivity contribution >= 4 is 11.9 Å². The molecule has 0 radical (unpaired) electrons. The van der Waals surface area contributed by atoms with Gasteiger partial charge in [0.2, 0.25) is 5.91 Å². The Kier molecular flexibility index (Phi) is 3.90. The SMILES string of the molecule is CC1NCCC1C(=O)NCC1(C(=O)O)CCCC1. The van der Waals surface area contributed by atoms with Gasteiger partial charge in [0.05, 0.1) is 11.3 Å². The van der Waals surface area contributed by atoms with Crippen LogP contribution in [0.25, 0.3) is 0 Å². The van der Waals surface area contributed by atoms with Crippen LogP contribution < -0.4 is 10.6 Å². The van der Waals surface area contributed by atoms with Gasteiger partial charge in [-0.25, -0.2) is 0 Å². The Morgan fingerprint density at radius 2 is 2.06 bits per heavy atom. The zero-order valence-electron chi connectivity index (χ0n) is 10.9. The van der Waals surface area contributed by atoms with Gasteiger partial charge in [0.1, 0.15) is 0 Å². The molecule has 2 fully saturated rings. The Morgan fingerprint density at radius 1 is 1.39 bits per heavy atom. The van der Waals surface area contributed by atoms with Crippen LogP contribution in [0.2, 0.25) is 0 Å². The highest BCUT2D eigenvalue weighted by molar-refractivity contribution is 5.81. The molecule has 2 aliphatic rings. The van der Waals surface area contributed by atoms with Gasteiger partial charge in [0.15, 0.2) is 0 Å². The number of carbonyl (C=O) groups excluding carboxylic acids is 1. The van der Waals surface area contributed by atoms with Gasteiger partial charge in [-0.15, -0.1) is 0 Å². The lowest BCUT2D eigenvalue weighted by atomic mass is 9.86. The normalized spacial score (nSPS) is 30.3. The third-order valence-corrected chi connectivity index (χ3v) is 4.48. The zero-order valence-corrected chi connectivity index (χ0v) is 10.9. The van der Waals surface area contributed by atoms with E-state index < -0.39 is 11.4 Å². The Morgan fingerprint density at radius 3 is 2.56 bits per heavy atom. The van der Waals surface area contributed by atoms with Gasteiger partial charge < -0.3 is 15.7 Å². The van der Waals surface area contributed by atoms with Crippen molar-refractivity contribution in [2.24, 2.45) is 11.3 Å². The lowest BCUT2D eigenvalue weighted by Gasteiger charge is -2.25. The lowest BCUT2D eigenvalue weighted by Crippen LogP contribution is -2.44. The zero-order chi connectivity index (χ0) is 13.2. The van der Waals surface area contributed by atoms with Crippen LogP contribution in [-0.4, -0.2) is 36.1 Å². The topological polar surface area (TPSA) is 78.4 Å². The number of carboxylic acids is 1. The highest BCUT2D eigenvalue weighted by atomic mass is 16.4. The fraction of sp³-hybridized carbons (Fsp3) is 0.846. The molecule has 1 saturated heterocycles. The molecule has 0 bridgehead atoms. The van der Waals surface area contributed by atoms with Crippen molar-refractivity contribution < 1.29 is 14.7 Å². The monoisotopic (exact) mass is 254 g/mol. The maximum absolute atomic E-state index is 12.0. The van der Waals surface area contributed by atoms with Crippen LogP contribution in [0.15, 0.2) is 0 Å². The van der Waals surface area contributed by atoms with E-state index in [1.807, 2.05) is 6.92 Å². The molecule has 2 atom stereocenters. The molecular weight excluding hydrogens is 232 g/mol. The molecule has 0 aromatic rings. The minimum absolute atomic E-state index is 0.0000231. The second-order valence-corrected chi connectivity index (χ2v) is 5.65. The molecule has 5 nitrogen and oxygen atoms in total. The number of carbonyl (C=O) groups is 2. The minimum atomic E-state index is -0.766. The maximum atomic E-state index is 12.0. The molecule has 0 aromatic carbocycles. The van der Waals surface area contributed by atoms with Crippen LogP contribution in [0, 0.1) is 11.3 Å². The van der Waals surface area contributed by atoms with Crippen LogP contribution in [0.1, 0.15) is 39.0 Å². The van der Waals surface area contributed by atoms with Gasteiger partial charge in [-0.2, -0.15) is 0 Å². The summed E-state index contributed by atoms with van der Waals surface area (Å²) in [6, 6.07) is 0.189. The summed E-state index contributed by atoms with van der Waals surface area (Å²) in [6.07, 6.45) is 4.10. The van der Waals surface area contributed by atoms with Crippen molar-refractivity contribution in [1.29, 1.82) is 0 Å². The number of carboxylic acid groups (broad SMARTS) is 1. The molecule has 0 aromatic heterocycles. The van der Waals surface area contributed by atoms with Crippen molar-refractivity contribution in [2.45, 2.75) is 45.1 Å². The first kappa shape index (κ1) is 13.3. The molecule has 0 spiro atoms. The van der Waals surface area contributed by atoms with E-state index in [-0.39, 0.29) is 24.4 Å². The van der Waals surface area contributed by atoms with Crippen molar-refractivity contribution in [3.63, 3.8) is 0 Å². The van der Waals surface area contributed by atoms with Crippen molar-refractivity contribution in [3.05, 3.63) is 0 Å². The van der Waals surface area contributed by atoms with Crippen molar-refractivity contribution in [2.75, 3.05) is 13.1 Å². The summed E-state index contributed by atoms with van der Waals surface area (Å²) in [4.78, 5) is 23.4. The summed E-state index contributed by atoms with van der Waals surface area (Å²) in [5, 5.41) is 15.4. The number of nitrogens with one attached hydrogen (secondary N) is 2. The molecule has 1 aliphatic heterocycles. The third kappa shape index (κ3) is 2.51. The largest absolute Gasteiger partial charge is 0.481 e. The van der Waals surface area contributed by atoms with E-state index in [0.717, 1.165) is 25.8 Å². The Bertz CT molecular complexity index is 337. The molecule has 1 amide bonds. The Hall–Kier alpha value is -1.10. The first-order valence-electron chi connectivity index (χ1n) is 6.80. The highest BCUT2D eigenvalue weighted by Gasteiger charge is 2.42. The summed E-state index contributed by atoms with van der Waals surface area (Å²) in [6.45, 7) is 3.15. The van der Waals surface area contributed by atoms with E-state index in [1.165, 1.54) is 0 Å². The predicted octanol–water partition coefficient (Wildman–Crippen LogP) is 0.746. The van der Waals surface area contributed by atoms with E-state index >= 15 is 0 Å². The van der Waals surface area contributed by atoms with Crippen LogP contribution in [0.5, 0.6) is 0 Å². The summed E-state index contributed by atoms with van der Waals surface area (Å²) >= 11 is 0. The molecule has 1 aliphatic carbocycles. The van der Waals surface area contributed by atoms with Gasteiger partial charge in [-0.05, 0) is 32.7 Å². The van der Waals surface area contributed by atoms with E-state index in [4.69, 9.17) is 0 Å². The van der Waals surface area contributed by atoms with Crippen LogP contribution in [0.3, 0.4) is 0 Å². The molecule has 18 heavy (non-hydrogen) atoms. The first-order valence-corrected chi connectivity index (χ1v) is 6.80. The summed E-state index contributed by atoms with van der Waals surface area (Å²) in [5.41, 5.74) is -0.717. The predicted molar refractivity (Wildman–Crippen MR) is 67.1 cm³/mol. The van der Waals surface area contributed by atoms with Gasteiger partial charge >= 0.3 is 5.97 Å². The highest BCUT2D eigenvalue weighted by Crippen LogP contribution is 2.37. The van der Waals surface area contributed by atoms with Gasteiger partial charge in [-0.1, -0.05) is 12.8 Å². The van der Waals surface area contributed by atoms with E-state index in [0.29, 0.717) is 12.8 Å². The third-order valence-electron chi connectivity index (χ3n) is 4.48. The molecule has 102 valence electrons. The molecule has 3 N–H and O–H groups in total. The summed E-state index contributed by atoms with van der Waals surface area (Å²) < 4.78 is 0. The fourth-order valence-corrected chi connectivity index (χ4v) is 3.12. The van der Waals surface area contributed by atoms with Gasteiger partial charge in [-0.3, -0.25) is 9.59 Å². The maximum Gasteiger partial charge on any atom is 0.311 e. The van der Waals surface area contributed by atoms with Gasteiger partial charge in [0.25, 0.3) is 0 Å². The summed E-state index contributed by atoms with van der Waals surface area (Å²) in [7, 11) is 0. The van der Waals surface area contributed by atoms with Gasteiger partial charge in [0, 0.05) is 12.6 Å². The number of rotatable bonds is 4.